The average Bonchev–Trinajstić information content (AvgIpc) is 2.83. The van der Waals surface area contributed by atoms with Gasteiger partial charge in [0.05, 0.1) is 0 Å². The van der Waals surface area contributed by atoms with Crippen LogP contribution in [0.25, 0.3) is 0 Å². The van der Waals surface area contributed by atoms with Crippen molar-refractivity contribution < 1.29 is 18.3 Å². The van der Waals surface area contributed by atoms with Gasteiger partial charge in [-0.1, -0.05) is 17.5 Å². The largest absolute Gasteiger partial charge is 0.436 e. The first kappa shape index (κ1) is 15.4. The first-order valence-electron chi connectivity index (χ1n) is 5.80. The standard InChI is InChI=1S/C14H10ClF3N2O/c1-20-9-8-19-12(20)13(21,14(16,17)18)7-6-10-2-4-11(15)5-3-10/h2-5,8-9,21H,1H3. The van der Waals surface area contributed by atoms with Crippen LogP contribution < -0.4 is 0 Å². The highest BCUT2D eigenvalue weighted by Gasteiger charge is 2.57. The first-order valence-corrected chi connectivity index (χ1v) is 6.17. The second-order valence-electron chi connectivity index (χ2n) is 4.33. The van der Waals surface area contributed by atoms with Crippen LogP contribution in [0, 0.1) is 11.8 Å². The molecule has 2 aromatic rings. The molecule has 0 radical (unpaired) electrons. The van der Waals surface area contributed by atoms with E-state index in [1.807, 2.05) is 5.92 Å². The maximum Gasteiger partial charge on any atom is 0.436 e. The van der Waals surface area contributed by atoms with Gasteiger partial charge in [-0.2, -0.15) is 13.2 Å². The zero-order valence-electron chi connectivity index (χ0n) is 10.8. The van der Waals surface area contributed by atoms with Gasteiger partial charge in [-0.3, -0.25) is 0 Å². The van der Waals surface area contributed by atoms with E-state index in [-0.39, 0.29) is 0 Å². The molecule has 1 N–H and O–H groups in total. The summed E-state index contributed by atoms with van der Waals surface area (Å²) >= 11 is 5.69. The lowest BCUT2D eigenvalue weighted by molar-refractivity contribution is -0.244. The number of aromatic nitrogens is 2. The highest BCUT2D eigenvalue weighted by Crippen LogP contribution is 2.37. The van der Waals surface area contributed by atoms with Crippen molar-refractivity contribution in [2.45, 2.75) is 11.8 Å². The van der Waals surface area contributed by atoms with Gasteiger partial charge >= 0.3 is 6.18 Å². The number of aliphatic hydroxyl groups is 1. The molecule has 1 heterocycles. The molecule has 0 saturated heterocycles. The lowest BCUT2D eigenvalue weighted by Gasteiger charge is -2.24. The Labute approximate surface area is 124 Å². The molecule has 1 atom stereocenters. The Hall–Kier alpha value is -1.97. The maximum atomic E-state index is 13.2. The molecule has 2 rings (SSSR count). The Balaban J connectivity index is 2.49. The Morgan fingerprint density at radius 2 is 1.86 bits per heavy atom. The van der Waals surface area contributed by atoms with Crippen molar-refractivity contribution in [3.63, 3.8) is 0 Å². The van der Waals surface area contributed by atoms with Gasteiger partial charge in [0.15, 0.2) is 5.82 Å². The minimum atomic E-state index is -4.98. The molecule has 3 nitrogen and oxygen atoms in total. The van der Waals surface area contributed by atoms with E-state index < -0.39 is 17.6 Å². The molecule has 0 amide bonds. The molecule has 0 aliphatic rings. The number of benzene rings is 1. The summed E-state index contributed by atoms with van der Waals surface area (Å²) in [7, 11) is 1.35. The van der Waals surface area contributed by atoms with Gasteiger partial charge in [0.25, 0.3) is 5.60 Å². The number of hydrogen-bond donors (Lipinski definition) is 1. The van der Waals surface area contributed by atoms with Crippen LogP contribution >= 0.6 is 11.6 Å². The topological polar surface area (TPSA) is 38.0 Å². The van der Waals surface area contributed by atoms with Crippen molar-refractivity contribution in [1.82, 2.24) is 9.55 Å². The minimum Gasteiger partial charge on any atom is -0.364 e. The predicted octanol–water partition coefficient (Wildman–Crippen LogP) is 2.88. The van der Waals surface area contributed by atoms with Crippen molar-refractivity contribution in [1.29, 1.82) is 0 Å². The van der Waals surface area contributed by atoms with Crippen LogP contribution in [0.2, 0.25) is 5.02 Å². The zero-order valence-corrected chi connectivity index (χ0v) is 11.6. The summed E-state index contributed by atoms with van der Waals surface area (Å²) in [6, 6.07) is 5.92. The van der Waals surface area contributed by atoms with Crippen LogP contribution in [0.15, 0.2) is 36.7 Å². The van der Waals surface area contributed by atoms with E-state index in [2.05, 4.69) is 10.9 Å². The fourth-order valence-electron chi connectivity index (χ4n) is 1.66. The molecule has 21 heavy (non-hydrogen) atoms. The molecule has 1 aromatic carbocycles. The molecule has 1 aromatic heterocycles. The molecule has 0 saturated carbocycles. The average molecular weight is 315 g/mol. The first-order chi connectivity index (χ1) is 9.74. The molecule has 0 aliphatic heterocycles. The van der Waals surface area contributed by atoms with Gasteiger partial charge in [-0.15, -0.1) is 0 Å². The Bertz CT molecular complexity index is 697. The highest BCUT2D eigenvalue weighted by molar-refractivity contribution is 6.30. The van der Waals surface area contributed by atoms with E-state index in [1.165, 1.54) is 37.5 Å². The lowest BCUT2D eigenvalue weighted by atomic mass is 10.0. The van der Waals surface area contributed by atoms with Gasteiger partial charge in [0.2, 0.25) is 0 Å². The summed E-state index contributed by atoms with van der Waals surface area (Å²) in [5, 5.41) is 10.4. The number of hydrogen-bond acceptors (Lipinski definition) is 2. The smallest absolute Gasteiger partial charge is 0.364 e. The van der Waals surface area contributed by atoms with Crippen LogP contribution in [0.3, 0.4) is 0 Å². The van der Waals surface area contributed by atoms with Crippen molar-refractivity contribution in [3.05, 3.63) is 53.1 Å². The number of imidazole rings is 1. The van der Waals surface area contributed by atoms with Gasteiger partial charge in [-0.05, 0) is 30.2 Å². The van der Waals surface area contributed by atoms with E-state index in [9.17, 15) is 18.3 Å². The van der Waals surface area contributed by atoms with Gasteiger partial charge in [0, 0.05) is 30.0 Å². The summed E-state index contributed by atoms with van der Waals surface area (Å²) < 4.78 is 40.6. The molecular formula is C14H10ClF3N2O. The second kappa shape index (κ2) is 5.43. The number of alkyl halides is 3. The minimum absolute atomic E-state index is 0.302. The van der Waals surface area contributed by atoms with Crippen LogP contribution in [-0.4, -0.2) is 20.8 Å². The molecule has 7 heteroatoms. The number of halogens is 4. The Morgan fingerprint density at radius 1 is 1.24 bits per heavy atom. The summed E-state index contributed by atoms with van der Waals surface area (Å²) in [5.41, 5.74) is -3.04. The Morgan fingerprint density at radius 3 is 2.33 bits per heavy atom. The van der Waals surface area contributed by atoms with Crippen molar-refractivity contribution in [2.75, 3.05) is 0 Å². The molecular weight excluding hydrogens is 305 g/mol. The zero-order chi connectivity index (χ0) is 15.7. The summed E-state index contributed by atoms with van der Waals surface area (Å²) in [5.74, 6) is 3.59. The fourth-order valence-corrected chi connectivity index (χ4v) is 1.79. The fraction of sp³-hybridized carbons (Fsp3) is 0.214. The van der Waals surface area contributed by atoms with Crippen molar-refractivity contribution in [2.24, 2.45) is 7.05 Å². The lowest BCUT2D eigenvalue weighted by Crippen LogP contribution is -2.43. The van der Waals surface area contributed by atoms with Crippen LogP contribution in [0.1, 0.15) is 11.4 Å². The van der Waals surface area contributed by atoms with Crippen molar-refractivity contribution >= 4 is 11.6 Å². The van der Waals surface area contributed by atoms with Gasteiger partial charge in [-0.25, -0.2) is 4.98 Å². The van der Waals surface area contributed by atoms with Crippen LogP contribution in [-0.2, 0) is 12.6 Å². The molecule has 0 spiro atoms. The molecule has 0 fully saturated rings. The summed E-state index contributed by atoms with van der Waals surface area (Å²) in [4.78, 5) is 3.55. The van der Waals surface area contributed by atoms with Crippen LogP contribution in [0.5, 0.6) is 0 Å². The van der Waals surface area contributed by atoms with Crippen LogP contribution in [0.4, 0.5) is 13.2 Å². The third-order valence-electron chi connectivity index (χ3n) is 2.79. The van der Waals surface area contributed by atoms with Gasteiger partial charge < -0.3 is 9.67 Å². The predicted molar refractivity (Wildman–Crippen MR) is 71.5 cm³/mol. The third-order valence-corrected chi connectivity index (χ3v) is 3.04. The molecule has 0 aliphatic carbocycles. The number of aryl methyl sites for hydroxylation is 1. The molecule has 110 valence electrons. The monoisotopic (exact) mass is 314 g/mol. The third kappa shape index (κ3) is 3.04. The summed E-state index contributed by atoms with van der Waals surface area (Å²) in [6.45, 7) is 0. The van der Waals surface area contributed by atoms with Gasteiger partial charge in [0.1, 0.15) is 0 Å². The highest BCUT2D eigenvalue weighted by atomic mass is 35.5. The van der Waals surface area contributed by atoms with E-state index in [1.54, 1.807) is 0 Å². The second-order valence-corrected chi connectivity index (χ2v) is 4.76. The SMILES string of the molecule is Cn1ccnc1C(O)(C#Cc1ccc(Cl)cc1)C(F)(F)F. The maximum absolute atomic E-state index is 13.2. The van der Waals surface area contributed by atoms with Crippen molar-refractivity contribution in [3.8, 4) is 11.8 Å². The number of nitrogens with zero attached hydrogens (tertiary/aromatic N) is 2. The number of rotatable bonds is 1. The van der Waals surface area contributed by atoms with E-state index in [4.69, 9.17) is 11.6 Å². The normalized spacial score (nSPS) is 14.2. The quantitative estimate of drug-likeness (QED) is 0.822. The van der Waals surface area contributed by atoms with E-state index in [0.717, 1.165) is 10.8 Å². The van der Waals surface area contributed by atoms with E-state index in [0.29, 0.717) is 10.6 Å². The molecule has 0 bridgehead atoms. The Kier molecular flexibility index (Phi) is 3.99. The summed E-state index contributed by atoms with van der Waals surface area (Å²) in [6.07, 6.45) is -2.52. The van der Waals surface area contributed by atoms with E-state index >= 15 is 0 Å². The molecule has 1 unspecified atom stereocenters.